The smallest absolute Gasteiger partial charge is 0.417 e. The minimum Gasteiger partial charge on any atom is -0.588 e. The number of piperazine rings is 1. The summed E-state index contributed by atoms with van der Waals surface area (Å²) in [5.41, 5.74) is 1.05. The molecule has 1 unspecified atom stereocenters. The molecule has 0 aromatic heterocycles. The lowest BCUT2D eigenvalue weighted by Gasteiger charge is -2.37. The Morgan fingerprint density at radius 2 is 1.72 bits per heavy atom. The molecule has 39 heavy (non-hydrogen) atoms. The van der Waals surface area contributed by atoms with Crippen molar-refractivity contribution in [3.63, 3.8) is 0 Å². The van der Waals surface area contributed by atoms with Crippen LogP contribution < -0.4 is 14.4 Å². The summed E-state index contributed by atoms with van der Waals surface area (Å²) in [4.78, 5) is 16.9. The molecular weight excluding hydrogens is 527 g/mol. The molecule has 1 heterocycles. The van der Waals surface area contributed by atoms with E-state index in [9.17, 15) is 22.5 Å². The topological polar surface area (TPSA) is 67.9 Å². The van der Waals surface area contributed by atoms with E-state index in [0.29, 0.717) is 24.5 Å². The van der Waals surface area contributed by atoms with Gasteiger partial charge in [0.25, 0.3) is 5.91 Å². The molecule has 1 saturated heterocycles. The van der Waals surface area contributed by atoms with Gasteiger partial charge in [0.05, 0.1) is 29.6 Å². The van der Waals surface area contributed by atoms with E-state index in [1.807, 2.05) is 41.3 Å². The highest BCUT2D eigenvalue weighted by atomic mass is 32.2. The number of hydrogen-bond acceptors (Lipinski definition) is 5. The van der Waals surface area contributed by atoms with Crippen LogP contribution >= 0.6 is 0 Å². The first kappa shape index (κ1) is 28.6. The third kappa shape index (κ3) is 6.99. The number of para-hydroxylation sites is 2. The maximum Gasteiger partial charge on any atom is 0.417 e. The van der Waals surface area contributed by atoms with Crippen molar-refractivity contribution < 1.29 is 27.3 Å². The molecule has 0 spiro atoms. The van der Waals surface area contributed by atoms with E-state index in [0.717, 1.165) is 48.7 Å². The second kappa shape index (κ2) is 12.7. The van der Waals surface area contributed by atoms with Gasteiger partial charge in [-0.05, 0) is 54.8 Å². The Balaban J connectivity index is 1.50. The minimum absolute atomic E-state index is 0.0917. The Morgan fingerprint density at radius 3 is 2.36 bits per heavy atom. The molecule has 6 nitrogen and oxygen atoms in total. The van der Waals surface area contributed by atoms with Crippen LogP contribution in [0.1, 0.15) is 41.3 Å². The number of rotatable bonds is 9. The van der Waals surface area contributed by atoms with Crippen LogP contribution in [0.3, 0.4) is 0 Å². The van der Waals surface area contributed by atoms with Crippen LogP contribution in [0.25, 0.3) is 0 Å². The maximum atomic E-state index is 13.9. The second-order valence-corrected chi connectivity index (χ2v) is 10.5. The first-order valence-corrected chi connectivity index (χ1v) is 14.0. The van der Waals surface area contributed by atoms with Crippen LogP contribution in [0.4, 0.5) is 24.5 Å². The van der Waals surface area contributed by atoms with Crippen LogP contribution in [0.2, 0.25) is 0 Å². The first-order valence-electron chi connectivity index (χ1n) is 12.9. The summed E-state index contributed by atoms with van der Waals surface area (Å²) in [5.74, 6) is -0.0453. The zero-order valence-electron chi connectivity index (χ0n) is 22.0. The Morgan fingerprint density at radius 1 is 1.03 bits per heavy atom. The van der Waals surface area contributed by atoms with Gasteiger partial charge in [0.2, 0.25) is 0 Å². The standard InChI is InChI=1S/C29H32F3N3O3S/c1-3-4-7-21-10-12-22(13-11-21)33-39(37)23-14-15-25(29(30,31)32)24(20-23)28(36)35-18-16-34(17-19-35)26-8-5-6-9-27(26)38-2/h5-6,8-15,20,33H,3-4,7,16-19H2,1-2H3. The molecule has 3 aromatic rings. The van der Waals surface area contributed by atoms with Crippen LogP contribution in [-0.4, -0.2) is 48.6 Å². The highest BCUT2D eigenvalue weighted by molar-refractivity contribution is 7.92. The predicted molar refractivity (Wildman–Crippen MR) is 148 cm³/mol. The molecule has 1 aliphatic rings. The van der Waals surface area contributed by atoms with Crippen molar-refractivity contribution in [2.45, 2.75) is 37.3 Å². The molecule has 1 N–H and O–H groups in total. The minimum atomic E-state index is -4.73. The summed E-state index contributed by atoms with van der Waals surface area (Å²) in [6.07, 6.45) is -1.64. The highest BCUT2D eigenvalue weighted by Gasteiger charge is 2.38. The summed E-state index contributed by atoms with van der Waals surface area (Å²) in [6, 6.07) is 18.0. The van der Waals surface area contributed by atoms with Crippen LogP contribution in [-0.2, 0) is 24.0 Å². The molecule has 1 fully saturated rings. The van der Waals surface area contributed by atoms with Gasteiger partial charge in [-0.15, -0.1) is 0 Å². The number of methoxy groups -OCH3 is 1. The molecule has 0 saturated carbocycles. The molecule has 0 radical (unpaired) electrons. The quantitative estimate of drug-likeness (QED) is 0.319. The van der Waals surface area contributed by atoms with Gasteiger partial charge in [-0.2, -0.15) is 13.2 Å². The SMILES string of the molecule is CCCCc1ccc(N[S+]([O-])c2ccc(C(F)(F)F)c(C(=O)N3CCN(c4ccccc4OC)CC3)c2)cc1. The Kier molecular flexibility index (Phi) is 9.29. The number of ether oxygens (including phenoxy) is 1. The Labute approximate surface area is 230 Å². The maximum absolute atomic E-state index is 13.9. The van der Waals surface area contributed by atoms with Gasteiger partial charge in [0, 0.05) is 32.2 Å². The average Bonchev–Trinajstić information content (AvgIpc) is 2.95. The summed E-state index contributed by atoms with van der Waals surface area (Å²) in [5, 5.41) is 0. The number of unbranched alkanes of at least 4 members (excludes halogenated alkanes) is 1. The highest BCUT2D eigenvalue weighted by Crippen LogP contribution is 2.35. The average molecular weight is 560 g/mol. The third-order valence-electron chi connectivity index (χ3n) is 6.72. The predicted octanol–water partition coefficient (Wildman–Crippen LogP) is 6.15. The number of carbonyl (C=O) groups excluding carboxylic acids is 1. The molecule has 3 aromatic carbocycles. The largest absolute Gasteiger partial charge is 0.588 e. The van der Waals surface area contributed by atoms with Gasteiger partial charge < -0.3 is 19.1 Å². The van der Waals surface area contributed by atoms with Crippen molar-refractivity contribution in [3.8, 4) is 5.75 Å². The third-order valence-corrected chi connectivity index (χ3v) is 7.82. The number of hydrogen-bond donors (Lipinski definition) is 1. The fourth-order valence-electron chi connectivity index (χ4n) is 4.56. The molecule has 4 rings (SSSR count). The zero-order chi connectivity index (χ0) is 28.0. The molecule has 1 amide bonds. The van der Waals surface area contributed by atoms with Crippen LogP contribution in [0.15, 0.2) is 71.6 Å². The van der Waals surface area contributed by atoms with Crippen molar-refractivity contribution in [2.75, 3.05) is 42.9 Å². The molecule has 208 valence electrons. The van der Waals surface area contributed by atoms with E-state index in [2.05, 4.69) is 11.6 Å². The van der Waals surface area contributed by atoms with E-state index < -0.39 is 34.6 Å². The summed E-state index contributed by atoms with van der Waals surface area (Å²) in [6.45, 7) is 3.47. The molecule has 0 aliphatic carbocycles. The first-order chi connectivity index (χ1) is 18.7. The van der Waals surface area contributed by atoms with E-state index in [1.54, 1.807) is 19.2 Å². The number of nitrogens with zero attached hydrogens (tertiary/aromatic N) is 2. The van der Waals surface area contributed by atoms with Gasteiger partial charge in [-0.1, -0.05) is 37.6 Å². The van der Waals surface area contributed by atoms with Crippen LogP contribution in [0.5, 0.6) is 5.75 Å². The van der Waals surface area contributed by atoms with Crippen molar-refractivity contribution in [3.05, 3.63) is 83.4 Å². The van der Waals surface area contributed by atoms with Crippen molar-refractivity contribution in [1.82, 2.24) is 4.90 Å². The van der Waals surface area contributed by atoms with Crippen molar-refractivity contribution in [2.24, 2.45) is 0 Å². The number of benzene rings is 3. The molecule has 1 aliphatic heterocycles. The number of alkyl halides is 3. The normalized spacial score (nSPS) is 14.7. The number of anilines is 2. The van der Waals surface area contributed by atoms with Gasteiger partial charge in [0.15, 0.2) is 4.90 Å². The fraction of sp³-hybridized carbons (Fsp3) is 0.345. The summed E-state index contributed by atoms with van der Waals surface area (Å²) >= 11 is -1.86. The Bertz CT molecular complexity index is 1260. The lowest BCUT2D eigenvalue weighted by Crippen LogP contribution is -2.49. The van der Waals surface area contributed by atoms with Crippen LogP contribution in [0, 0.1) is 0 Å². The van der Waals surface area contributed by atoms with E-state index in [-0.39, 0.29) is 18.0 Å². The van der Waals surface area contributed by atoms with Crippen molar-refractivity contribution >= 4 is 28.6 Å². The molecule has 1 atom stereocenters. The zero-order valence-corrected chi connectivity index (χ0v) is 22.8. The lowest BCUT2D eigenvalue weighted by atomic mass is 10.1. The van der Waals surface area contributed by atoms with E-state index in [4.69, 9.17) is 4.74 Å². The number of nitrogens with one attached hydrogen (secondary N) is 1. The summed E-state index contributed by atoms with van der Waals surface area (Å²) < 4.78 is 62.9. The van der Waals surface area contributed by atoms with E-state index >= 15 is 0 Å². The van der Waals surface area contributed by atoms with Gasteiger partial charge in [0.1, 0.15) is 17.1 Å². The second-order valence-electron chi connectivity index (χ2n) is 9.33. The lowest BCUT2D eigenvalue weighted by molar-refractivity contribution is -0.138. The number of carbonyl (C=O) groups is 1. The number of halogens is 3. The molecule has 10 heteroatoms. The van der Waals surface area contributed by atoms with Gasteiger partial charge in [-0.25, -0.2) is 4.72 Å². The van der Waals surface area contributed by atoms with Gasteiger partial charge >= 0.3 is 6.18 Å². The monoisotopic (exact) mass is 559 g/mol. The summed E-state index contributed by atoms with van der Waals surface area (Å²) in [7, 11) is 1.58. The fourth-order valence-corrected chi connectivity index (χ4v) is 5.45. The molecular formula is C29H32F3N3O3S. The van der Waals surface area contributed by atoms with E-state index in [1.165, 1.54) is 4.90 Å². The van der Waals surface area contributed by atoms with Crippen molar-refractivity contribution in [1.29, 1.82) is 0 Å². The Hall–Kier alpha value is -3.37. The molecule has 0 bridgehead atoms. The van der Waals surface area contributed by atoms with Gasteiger partial charge in [-0.3, -0.25) is 4.79 Å². The number of aryl methyl sites for hydroxylation is 1. The number of amides is 1.